The van der Waals surface area contributed by atoms with Gasteiger partial charge >= 0.3 is 0 Å². The molecule has 0 saturated heterocycles. The molecule has 1 amide bonds. The van der Waals surface area contributed by atoms with E-state index in [9.17, 15) is 4.79 Å². The molecule has 0 spiro atoms. The lowest BCUT2D eigenvalue weighted by Crippen LogP contribution is -2.26. The van der Waals surface area contributed by atoms with Crippen LogP contribution in [0.15, 0.2) is 54.9 Å². The smallest absolute Gasteiger partial charge is 0.249 e. The van der Waals surface area contributed by atoms with E-state index in [0.29, 0.717) is 29.3 Å². The first kappa shape index (κ1) is 18.3. The number of ether oxygens (including phenoxy) is 1. The molecule has 0 bridgehead atoms. The lowest BCUT2D eigenvalue weighted by atomic mass is 10.0. The molecule has 0 saturated carbocycles. The highest BCUT2D eigenvalue weighted by molar-refractivity contribution is 5.99. The maximum atomic E-state index is 11.7. The van der Waals surface area contributed by atoms with E-state index in [0.717, 1.165) is 16.8 Å². The van der Waals surface area contributed by atoms with Gasteiger partial charge in [0.15, 0.2) is 0 Å². The van der Waals surface area contributed by atoms with Crippen LogP contribution in [0.5, 0.6) is 5.88 Å². The second kappa shape index (κ2) is 7.84. The van der Waals surface area contributed by atoms with Crippen molar-refractivity contribution in [2.24, 2.45) is 11.6 Å². The number of anilines is 1. The van der Waals surface area contributed by atoms with Gasteiger partial charge in [0.05, 0.1) is 11.4 Å². The van der Waals surface area contributed by atoms with Crippen LogP contribution in [0.4, 0.5) is 5.69 Å². The third-order valence-corrected chi connectivity index (χ3v) is 4.24. The molecule has 1 aromatic heterocycles. The third kappa shape index (κ3) is 4.04. The highest BCUT2D eigenvalue weighted by Crippen LogP contribution is 2.26. The van der Waals surface area contributed by atoms with E-state index in [1.807, 2.05) is 31.2 Å². The average molecular weight is 363 g/mol. The van der Waals surface area contributed by atoms with E-state index in [1.165, 1.54) is 6.33 Å². The maximum absolute atomic E-state index is 11.7. The number of primary amides is 1. The SMILES string of the molecule is Cc1cccc(N(C)N)c1COc1cc(-c2ccccc2C(N)=O)ncn1. The fraction of sp³-hybridized carbons (Fsp3) is 0.150. The Morgan fingerprint density at radius 1 is 1.15 bits per heavy atom. The molecule has 0 fully saturated rings. The van der Waals surface area contributed by atoms with Gasteiger partial charge in [-0.1, -0.05) is 30.3 Å². The monoisotopic (exact) mass is 363 g/mol. The molecule has 7 heteroatoms. The summed E-state index contributed by atoms with van der Waals surface area (Å²) in [5.41, 5.74) is 9.97. The van der Waals surface area contributed by atoms with Gasteiger partial charge in [-0.05, 0) is 24.6 Å². The summed E-state index contributed by atoms with van der Waals surface area (Å²) in [7, 11) is 1.78. The summed E-state index contributed by atoms with van der Waals surface area (Å²) >= 11 is 0. The van der Waals surface area contributed by atoms with Crippen LogP contribution >= 0.6 is 0 Å². The number of aryl methyl sites for hydroxylation is 1. The van der Waals surface area contributed by atoms with Gasteiger partial charge in [-0.3, -0.25) is 4.79 Å². The molecule has 27 heavy (non-hydrogen) atoms. The summed E-state index contributed by atoms with van der Waals surface area (Å²) < 4.78 is 5.88. The molecule has 0 aliphatic carbocycles. The van der Waals surface area contributed by atoms with Gasteiger partial charge in [-0.2, -0.15) is 0 Å². The van der Waals surface area contributed by atoms with Gasteiger partial charge in [0, 0.05) is 29.8 Å². The Bertz CT molecular complexity index is 972. The number of rotatable bonds is 6. The van der Waals surface area contributed by atoms with E-state index < -0.39 is 5.91 Å². The first-order valence-corrected chi connectivity index (χ1v) is 8.38. The fourth-order valence-electron chi connectivity index (χ4n) is 2.84. The zero-order chi connectivity index (χ0) is 19.4. The largest absolute Gasteiger partial charge is 0.473 e. The van der Waals surface area contributed by atoms with E-state index in [4.69, 9.17) is 16.3 Å². The van der Waals surface area contributed by atoms with Gasteiger partial charge in [0.25, 0.3) is 0 Å². The number of hydrazine groups is 1. The number of nitrogens with zero attached hydrogens (tertiary/aromatic N) is 3. The van der Waals surface area contributed by atoms with Gasteiger partial charge in [-0.25, -0.2) is 15.8 Å². The topological polar surface area (TPSA) is 107 Å². The van der Waals surface area contributed by atoms with Crippen LogP contribution in [0.2, 0.25) is 0 Å². The summed E-state index contributed by atoms with van der Waals surface area (Å²) in [5, 5.41) is 1.56. The van der Waals surface area contributed by atoms with Gasteiger partial charge in [-0.15, -0.1) is 0 Å². The molecule has 1 heterocycles. The summed E-state index contributed by atoms with van der Waals surface area (Å²) in [6.45, 7) is 2.30. The molecular weight excluding hydrogens is 342 g/mol. The maximum Gasteiger partial charge on any atom is 0.249 e. The van der Waals surface area contributed by atoms with Crippen LogP contribution in [-0.2, 0) is 6.61 Å². The van der Waals surface area contributed by atoms with Gasteiger partial charge in [0.1, 0.15) is 12.9 Å². The minimum atomic E-state index is -0.512. The minimum absolute atomic E-state index is 0.303. The van der Waals surface area contributed by atoms with Crippen molar-refractivity contribution >= 4 is 11.6 Å². The van der Waals surface area contributed by atoms with Crippen LogP contribution in [0.1, 0.15) is 21.5 Å². The molecule has 0 atom stereocenters. The van der Waals surface area contributed by atoms with Crippen molar-refractivity contribution in [3.63, 3.8) is 0 Å². The number of amides is 1. The molecule has 4 N–H and O–H groups in total. The van der Waals surface area contributed by atoms with Crippen molar-refractivity contribution in [1.82, 2.24) is 9.97 Å². The molecule has 3 rings (SSSR count). The quantitative estimate of drug-likeness (QED) is 0.514. The number of nitrogens with two attached hydrogens (primary N) is 2. The zero-order valence-electron chi connectivity index (χ0n) is 15.2. The summed E-state index contributed by atoms with van der Waals surface area (Å²) in [6.07, 6.45) is 1.40. The van der Waals surface area contributed by atoms with Gasteiger partial charge < -0.3 is 15.5 Å². The lowest BCUT2D eigenvalue weighted by Gasteiger charge is -2.19. The van der Waals surface area contributed by atoms with Crippen LogP contribution in [0, 0.1) is 6.92 Å². The number of benzene rings is 2. The Hall–Kier alpha value is -3.45. The average Bonchev–Trinajstić information content (AvgIpc) is 2.67. The second-order valence-corrected chi connectivity index (χ2v) is 6.12. The number of aromatic nitrogens is 2. The lowest BCUT2D eigenvalue weighted by molar-refractivity contribution is 0.100. The molecule has 0 radical (unpaired) electrons. The molecule has 0 unspecified atom stereocenters. The number of carbonyl (C=O) groups is 1. The fourth-order valence-corrected chi connectivity index (χ4v) is 2.84. The standard InChI is InChI=1S/C20H21N5O2/c1-13-6-5-9-18(25(2)22)16(13)11-27-19-10-17(23-12-24-19)14-7-3-4-8-15(14)20(21)26/h3-10,12H,11,22H2,1-2H3,(H2,21,26). The van der Waals surface area contributed by atoms with E-state index in [1.54, 1.807) is 36.3 Å². The molecule has 0 aliphatic rings. The highest BCUT2D eigenvalue weighted by Gasteiger charge is 2.13. The Balaban J connectivity index is 1.88. The first-order chi connectivity index (χ1) is 13.0. The first-order valence-electron chi connectivity index (χ1n) is 8.38. The van der Waals surface area contributed by atoms with E-state index in [-0.39, 0.29) is 0 Å². The second-order valence-electron chi connectivity index (χ2n) is 6.12. The highest BCUT2D eigenvalue weighted by atomic mass is 16.5. The van der Waals surface area contributed by atoms with Crippen molar-refractivity contribution in [2.75, 3.05) is 12.1 Å². The van der Waals surface area contributed by atoms with Crippen molar-refractivity contribution in [2.45, 2.75) is 13.5 Å². The third-order valence-electron chi connectivity index (χ3n) is 4.24. The predicted molar refractivity (Wildman–Crippen MR) is 104 cm³/mol. The Morgan fingerprint density at radius 3 is 2.67 bits per heavy atom. The number of hydrogen-bond acceptors (Lipinski definition) is 6. The molecule has 3 aromatic rings. The normalized spacial score (nSPS) is 10.5. The summed E-state index contributed by atoms with van der Waals surface area (Å²) in [4.78, 5) is 20.1. The predicted octanol–water partition coefficient (Wildman–Crippen LogP) is 2.44. The summed E-state index contributed by atoms with van der Waals surface area (Å²) in [5.74, 6) is 5.79. The van der Waals surface area contributed by atoms with Crippen LogP contribution in [0.25, 0.3) is 11.3 Å². The van der Waals surface area contributed by atoms with Crippen LogP contribution < -0.4 is 21.3 Å². The molecule has 2 aromatic carbocycles. The van der Waals surface area contributed by atoms with E-state index >= 15 is 0 Å². The summed E-state index contributed by atoms with van der Waals surface area (Å²) in [6, 6.07) is 14.6. The van der Waals surface area contributed by atoms with Gasteiger partial charge in [0.2, 0.25) is 11.8 Å². The van der Waals surface area contributed by atoms with Crippen molar-refractivity contribution in [1.29, 1.82) is 0 Å². The van der Waals surface area contributed by atoms with Crippen molar-refractivity contribution < 1.29 is 9.53 Å². The van der Waals surface area contributed by atoms with Crippen LogP contribution in [-0.4, -0.2) is 22.9 Å². The van der Waals surface area contributed by atoms with Crippen molar-refractivity contribution in [3.05, 3.63) is 71.5 Å². The Morgan fingerprint density at radius 2 is 1.93 bits per heavy atom. The van der Waals surface area contributed by atoms with Crippen molar-refractivity contribution in [3.8, 4) is 17.1 Å². The molecule has 7 nitrogen and oxygen atoms in total. The number of carbonyl (C=O) groups excluding carboxylic acids is 1. The minimum Gasteiger partial charge on any atom is -0.473 e. The Kier molecular flexibility index (Phi) is 5.33. The van der Waals surface area contributed by atoms with Crippen LogP contribution in [0.3, 0.4) is 0 Å². The Labute approximate surface area is 157 Å². The molecule has 0 aliphatic heterocycles. The number of hydrogen-bond donors (Lipinski definition) is 2. The molecule has 138 valence electrons. The van der Waals surface area contributed by atoms with E-state index in [2.05, 4.69) is 9.97 Å². The molecular formula is C20H21N5O2. The zero-order valence-corrected chi connectivity index (χ0v) is 15.2.